The lowest BCUT2D eigenvalue weighted by atomic mass is 9.94. The summed E-state index contributed by atoms with van der Waals surface area (Å²) in [5, 5.41) is 3.13. The number of carbonyl (C=O) groups excluding carboxylic acids is 2. The largest absolute Gasteiger partial charge is 0.340 e. The van der Waals surface area contributed by atoms with Gasteiger partial charge < -0.3 is 10.2 Å². The third-order valence-electron chi connectivity index (χ3n) is 7.22. The summed E-state index contributed by atoms with van der Waals surface area (Å²) in [5.41, 5.74) is 1.70. The molecule has 7 nitrogen and oxygen atoms in total. The lowest BCUT2D eigenvalue weighted by Crippen LogP contribution is -2.55. The number of piperidine rings is 1. The number of nitrogens with zero attached hydrogens (tertiary/aromatic N) is 2. The molecule has 2 unspecified atom stereocenters. The van der Waals surface area contributed by atoms with Gasteiger partial charge in [-0.05, 0) is 74.9 Å². The number of hydrogen-bond donors (Lipinski definition) is 1. The smallest absolute Gasteiger partial charge is 0.231 e. The fourth-order valence-corrected chi connectivity index (χ4v) is 6.68. The molecule has 2 aromatic carbocycles. The van der Waals surface area contributed by atoms with Gasteiger partial charge in [-0.25, -0.2) is 8.42 Å². The van der Waals surface area contributed by atoms with Crippen LogP contribution >= 0.6 is 0 Å². The van der Waals surface area contributed by atoms with Gasteiger partial charge in [0, 0.05) is 18.8 Å². The number of hydrogen-bond acceptors (Lipinski definition) is 5. The van der Waals surface area contributed by atoms with Gasteiger partial charge in [-0.15, -0.1) is 0 Å². The van der Waals surface area contributed by atoms with Crippen LogP contribution in [-0.2, 0) is 25.8 Å². The maximum absolute atomic E-state index is 13.3. The quantitative estimate of drug-likeness (QED) is 0.526. The molecule has 2 fully saturated rings. The lowest BCUT2D eigenvalue weighted by molar-refractivity contribution is -0.126. The van der Waals surface area contributed by atoms with Crippen molar-refractivity contribution in [3.8, 4) is 0 Å². The molecule has 0 aromatic heterocycles. The molecule has 8 heteroatoms. The number of nitrogens with one attached hydrogen (secondary N) is 1. The Labute approximate surface area is 214 Å². The monoisotopic (exact) mass is 511 g/mol. The van der Waals surface area contributed by atoms with E-state index in [0.29, 0.717) is 30.3 Å². The second-order valence-corrected chi connectivity index (χ2v) is 11.9. The van der Waals surface area contributed by atoms with Gasteiger partial charge in [0.25, 0.3) is 0 Å². The van der Waals surface area contributed by atoms with Gasteiger partial charge in [0.2, 0.25) is 11.8 Å². The molecule has 1 saturated heterocycles. The van der Waals surface area contributed by atoms with Crippen molar-refractivity contribution >= 4 is 27.3 Å². The van der Waals surface area contributed by atoms with E-state index in [-0.39, 0.29) is 36.1 Å². The predicted molar refractivity (Wildman–Crippen MR) is 141 cm³/mol. The fraction of sp³-hybridized carbons (Fsp3) is 0.500. The summed E-state index contributed by atoms with van der Waals surface area (Å²) in [4.78, 5) is 30.4. The number of benzene rings is 2. The van der Waals surface area contributed by atoms with E-state index in [4.69, 9.17) is 0 Å². The first-order chi connectivity index (χ1) is 17.3. The van der Waals surface area contributed by atoms with Crippen LogP contribution in [0.5, 0.6) is 0 Å². The van der Waals surface area contributed by atoms with Crippen LogP contribution in [0.2, 0.25) is 0 Å². The average Bonchev–Trinajstić information content (AvgIpc) is 3.69. The average molecular weight is 512 g/mol. The third kappa shape index (κ3) is 6.53. The van der Waals surface area contributed by atoms with Gasteiger partial charge in [0.05, 0.1) is 29.2 Å². The third-order valence-corrected chi connectivity index (χ3v) is 9.12. The SMILES string of the molecule is CCN(C(=O)C1CCC(NC(=O)Cc2ccc(S(=O)(=O)CC3CC3)cc2)N(CC)C1)c1ccccc1. The van der Waals surface area contributed by atoms with E-state index in [0.717, 1.165) is 37.1 Å². The van der Waals surface area contributed by atoms with Crippen LogP contribution in [-0.4, -0.2) is 56.7 Å². The van der Waals surface area contributed by atoms with Crippen molar-refractivity contribution in [2.45, 2.75) is 57.0 Å². The van der Waals surface area contributed by atoms with Crippen LogP contribution in [0.1, 0.15) is 45.1 Å². The standard InChI is InChI=1S/C28H37N3O4S/c1-3-30-19-23(28(33)31(4-2)24-8-6-5-7-9-24)14-17-26(30)29-27(32)18-21-12-15-25(16-13-21)36(34,35)20-22-10-11-22/h5-9,12-13,15-16,22-23,26H,3-4,10-11,14,17-20H2,1-2H3,(H,29,32). The zero-order chi connectivity index (χ0) is 25.7. The van der Waals surface area contributed by atoms with E-state index in [1.54, 1.807) is 24.3 Å². The number of rotatable bonds is 10. The molecule has 1 heterocycles. The normalized spacial score (nSPS) is 20.6. The molecule has 2 aliphatic rings. The summed E-state index contributed by atoms with van der Waals surface area (Å²) in [7, 11) is -3.25. The summed E-state index contributed by atoms with van der Waals surface area (Å²) in [6.07, 6.45) is 3.49. The highest BCUT2D eigenvalue weighted by Crippen LogP contribution is 2.32. The zero-order valence-corrected chi connectivity index (χ0v) is 22.0. The van der Waals surface area contributed by atoms with Crippen molar-refractivity contribution in [2.75, 3.05) is 30.3 Å². The minimum Gasteiger partial charge on any atom is -0.340 e. The van der Waals surface area contributed by atoms with E-state index in [2.05, 4.69) is 10.2 Å². The Morgan fingerprint density at radius 3 is 2.28 bits per heavy atom. The molecular weight excluding hydrogens is 474 g/mol. The van der Waals surface area contributed by atoms with Gasteiger partial charge in [-0.1, -0.05) is 37.3 Å². The summed E-state index contributed by atoms with van der Waals surface area (Å²) in [6, 6.07) is 16.4. The molecule has 2 aromatic rings. The molecule has 194 valence electrons. The Hall–Kier alpha value is -2.71. The number of sulfone groups is 1. The minimum absolute atomic E-state index is 0.101. The van der Waals surface area contributed by atoms with Crippen molar-refractivity contribution < 1.29 is 18.0 Å². The van der Waals surface area contributed by atoms with Gasteiger partial charge >= 0.3 is 0 Å². The van der Waals surface area contributed by atoms with E-state index < -0.39 is 9.84 Å². The summed E-state index contributed by atoms with van der Waals surface area (Å²) in [5.74, 6) is 0.436. The first-order valence-electron chi connectivity index (χ1n) is 13.0. The van der Waals surface area contributed by atoms with Crippen LogP contribution in [0.3, 0.4) is 0 Å². The van der Waals surface area contributed by atoms with Gasteiger partial charge in [-0.2, -0.15) is 0 Å². The van der Waals surface area contributed by atoms with E-state index in [1.807, 2.05) is 49.1 Å². The Balaban J connectivity index is 1.32. The molecular formula is C28H37N3O4S. The second kappa shape index (κ2) is 11.6. The number of likely N-dealkylation sites (tertiary alicyclic amines) is 1. The summed E-state index contributed by atoms with van der Waals surface area (Å²) in [6.45, 7) is 5.99. The topological polar surface area (TPSA) is 86.8 Å². The maximum atomic E-state index is 13.3. The molecule has 1 aliphatic carbocycles. The number of carbonyl (C=O) groups is 2. The molecule has 1 aliphatic heterocycles. The molecule has 4 rings (SSSR count). The number of para-hydroxylation sites is 1. The molecule has 0 bridgehead atoms. The van der Waals surface area contributed by atoms with Crippen molar-refractivity contribution in [3.63, 3.8) is 0 Å². The molecule has 0 spiro atoms. The maximum Gasteiger partial charge on any atom is 0.231 e. The predicted octanol–water partition coefficient (Wildman–Crippen LogP) is 3.64. The van der Waals surface area contributed by atoms with Crippen molar-refractivity contribution in [1.82, 2.24) is 10.2 Å². The summed E-state index contributed by atoms with van der Waals surface area (Å²) < 4.78 is 24.9. The molecule has 2 amide bonds. The lowest BCUT2D eigenvalue weighted by Gasteiger charge is -2.40. The van der Waals surface area contributed by atoms with Crippen LogP contribution in [0.25, 0.3) is 0 Å². The van der Waals surface area contributed by atoms with Gasteiger partial charge in [-0.3, -0.25) is 14.5 Å². The van der Waals surface area contributed by atoms with Crippen molar-refractivity contribution in [1.29, 1.82) is 0 Å². The van der Waals surface area contributed by atoms with E-state index >= 15 is 0 Å². The Morgan fingerprint density at radius 1 is 0.972 bits per heavy atom. The van der Waals surface area contributed by atoms with Crippen LogP contribution in [0.15, 0.2) is 59.5 Å². The minimum atomic E-state index is -3.25. The zero-order valence-electron chi connectivity index (χ0n) is 21.2. The van der Waals surface area contributed by atoms with Crippen molar-refractivity contribution in [3.05, 3.63) is 60.2 Å². The highest BCUT2D eigenvalue weighted by molar-refractivity contribution is 7.91. The first kappa shape index (κ1) is 26.4. The van der Waals surface area contributed by atoms with Crippen LogP contribution < -0.4 is 10.2 Å². The first-order valence-corrected chi connectivity index (χ1v) is 14.7. The fourth-order valence-electron chi connectivity index (χ4n) is 4.98. The van der Waals surface area contributed by atoms with Crippen LogP contribution in [0, 0.1) is 11.8 Å². The molecule has 0 radical (unpaired) electrons. The molecule has 1 saturated carbocycles. The Bertz CT molecular complexity index is 1150. The molecule has 2 atom stereocenters. The number of anilines is 1. The summed E-state index contributed by atoms with van der Waals surface area (Å²) >= 11 is 0. The molecule has 36 heavy (non-hydrogen) atoms. The van der Waals surface area contributed by atoms with E-state index in [1.165, 1.54) is 0 Å². The Kier molecular flexibility index (Phi) is 8.46. The van der Waals surface area contributed by atoms with Crippen LogP contribution in [0.4, 0.5) is 5.69 Å². The van der Waals surface area contributed by atoms with Gasteiger partial charge in [0.1, 0.15) is 0 Å². The molecule has 1 N–H and O–H groups in total. The second-order valence-electron chi connectivity index (χ2n) is 9.91. The van der Waals surface area contributed by atoms with Crippen molar-refractivity contribution in [2.24, 2.45) is 11.8 Å². The highest BCUT2D eigenvalue weighted by Gasteiger charge is 2.34. The Morgan fingerprint density at radius 2 is 1.67 bits per heavy atom. The highest BCUT2D eigenvalue weighted by atomic mass is 32.2. The van der Waals surface area contributed by atoms with Gasteiger partial charge in [0.15, 0.2) is 9.84 Å². The number of amides is 2. The van der Waals surface area contributed by atoms with E-state index in [9.17, 15) is 18.0 Å².